The number of thiocarbonyl (C=S) groups is 1. The number of aryl methyl sites for hydroxylation is 2. The molecule has 0 atom stereocenters. The lowest BCUT2D eigenvalue weighted by molar-refractivity contribution is 0.0527. The van der Waals surface area contributed by atoms with Gasteiger partial charge in [-0.05, 0) is 68.6 Å². The van der Waals surface area contributed by atoms with Gasteiger partial charge in [0.1, 0.15) is 10.8 Å². The molecule has 0 radical (unpaired) electrons. The first-order chi connectivity index (χ1) is 12.0. The van der Waals surface area contributed by atoms with E-state index in [4.69, 9.17) is 17.0 Å². The summed E-state index contributed by atoms with van der Waals surface area (Å²) in [5.74, 6) is -0.622. The van der Waals surface area contributed by atoms with Crippen LogP contribution in [-0.4, -0.2) is 17.7 Å². The Morgan fingerprint density at radius 2 is 2.16 bits per heavy atom. The second-order valence-electron chi connectivity index (χ2n) is 5.83. The average Bonchev–Trinajstić information content (AvgIpc) is 3.11. The summed E-state index contributed by atoms with van der Waals surface area (Å²) in [5, 5.41) is 7.04. The normalized spacial score (nSPS) is 12.6. The van der Waals surface area contributed by atoms with Gasteiger partial charge < -0.3 is 15.4 Å². The average molecular weight is 378 g/mol. The number of halogens is 1. The number of rotatable bonds is 4. The molecule has 25 heavy (non-hydrogen) atoms. The second kappa shape index (κ2) is 7.49. The van der Waals surface area contributed by atoms with Crippen LogP contribution in [0.2, 0.25) is 0 Å². The van der Waals surface area contributed by atoms with Gasteiger partial charge in [-0.1, -0.05) is 6.07 Å². The van der Waals surface area contributed by atoms with Gasteiger partial charge in [-0.25, -0.2) is 9.18 Å². The Balaban J connectivity index is 1.79. The van der Waals surface area contributed by atoms with E-state index in [0.717, 1.165) is 24.8 Å². The highest BCUT2D eigenvalue weighted by Gasteiger charge is 2.27. The lowest BCUT2D eigenvalue weighted by atomic mass is 10.1. The highest BCUT2D eigenvalue weighted by molar-refractivity contribution is 7.80. The van der Waals surface area contributed by atoms with E-state index in [-0.39, 0.29) is 11.8 Å². The van der Waals surface area contributed by atoms with Crippen molar-refractivity contribution >= 4 is 45.3 Å². The number of thiophene rings is 1. The molecule has 0 amide bonds. The number of benzene rings is 1. The number of hydrogen-bond acceptors (Lipinski definition) is 4. The number of nitrogens with one attached hydrogen (secondary N) is 2. The zero-order valence-corrected chi connectivity index (χ0v) is 15.7. The maximum atomic E-state index is 13.7. The Kier molecular flexibility index (Phi) is 5.34. The summed E-state index contributed by atoms with van der Waals surface area (Å²) in [4.78, 5) is 13.5. The van der Waals surface area contributed by atoms with E-state index in [2.05, 4.69) is 10.6 Å². The minimum Gasteiger partial charge on any atom is -0.462 e. The Morgan fingerprint density at radius 1 is 1.36 bits per heavy atom. The molecule has 4 nitrogen and oxygen atoms in total. The molecule has 3 rings (SSSR count). The van der Waals surface area contributed by atoms with E-state index in [1.54, 1.807) is 26.0 Å². The number of ether oxygens (including phenoxy) is 1. The summed E-state index contributed by atoms with van der Waals surface area (Å²) in [7, 11) is 0. The highest BCUT2D eigenvalue weighted by Crippen LogP contribution is 2.39. The van der Waals surface area contributed by atoms with Crippen LogP contribution in [0, 0.1) is 12.7 Å². The van der Waals surface area contributed by atoms with Gasteiger partial charge in [-0.3, -0.25) is 0 Å². The summed E-state index contributed by atoms with van der Waals surface area (Å²) in [6, 6.07) is 4.83. The van der Waals surface area contributed by atoms with Crippen LogP contribution in [0.3, 0.4) is 0 Å². The molecule has 0 aliphatic heterocycles. The van der Waals surface area contributed by atoms with Crippen LogP contribution in [0.1, 0.15) is 39.7 Å². The number of esters is 1. The molecule has 132 valence electrons. The molecule has 0 bridgehead atoms. The van der Waals surface area contributed by atoms with Crippen LogP contribution in [0.25, 0.3) is 0 Å². The third-order valence-electron chi connectivity index (χ3n) is 4.06. The molecule has 1 aliphatic carbocycles. The topological polar surface area (TPSA) is 50.4 Å². The van der Waals surface area contributed by atoms with E-state index in [1.165, 1.54) is 22.3 Å². The van der Waals surface area contributed by atoms with E-state index in [9.17, 15) is 9.18 Å². The third-order valence-corrected chi connectivity index (χ3v) is 5.47. The van der Waals surface area contributed by atoms with Crippen molar-refractivity contribution in [2.45, 2.75) is 33.1 Å². The quantitative estimate of drug-likeness (QED) is 0.598. The molecule has 7 heteroatoms. The van der Waals surface area contributed by atoms with Gasteiger partial charge in [0.2, 0.25) is 0 Å². The van der Waals surface area contributed by atoms with Crippen molar-refractivity contribution in [3.8, 4) is 0 Å². The number of carbonyl (C=O) groups is 1. The zero-order valence-electron chi connectivity index (χ0n) is 14.1. The van der Waals surface area contributed by atoms with Gasteiger partial charge >= 0.3 is 5.97 Å². The van der Waals surface area contributed by atoms with Gasteiger partial charge in [0.25, 0.3) is 0 Å². The molecule has 1 heterocycles. The van der Waals surface area contributed by atoms with Crippen LogP contribution in [0.5, 0.6) is 0 Å². The van der Waals surface area contributed by atoms with Crippen LogP contribution in [-0.2, 0) is 17.6 Å². The molecule has 0 fully saturated rings. The number of carbonyl (C=O) groups excluding carboxylic acids is 1. The van der Waals surface area contributed by atoms with Gasteiger partial charge in [0.15, 0.2) is 5.11 Å². The summed E-state index contributed by atoms with van der Waals surface area (Å²) in [6.07, 6.45) is 2.90. The molecule has 0 saturated carbocycles. The Hall–Kier alpha value is -1.99. The van der Waals surface area contributed by atoms with E-state index in [0.29, 0.717) is 33.5 Å². The summed E-state index contributed by atoms with van der Waals surface area (Å²) in [5.41, 5.74) is 2.78. The van der Waals surface area contributed by atoms with Crippen molar-refractivity contribution in [2.24, 2.45) is 0 Å². The van der Waals surface area contributed by atoms with Crippen molar-refractivity contribution in [1.29, 1.82) is 0 Å². The maximum Gasteiger partial charge on any atom is 0.341 e. The van der Waals surface area contributed by atoms with Gasteiger partial charge in [-0.2, -0.15) is 0 Å². The lowest BCUT2D eigenvalue weighted by Gasteiger charge is -2.12. The molecule has 1 aromatic carbocycles. The van der Waals surface area contributed by atoms with Gasteiger partial charge in [0.05, 0.1) is 12.2 Å². The van der Waals surface area contributed by atoms with E-state index < -0.39 is 0 Å². The molecule has 0 unspecified atom stereocenters. The molecule has 0 spiro atoms. The largest absolute Gasteiger partial charge is 0.462 e. The van der Waals surface area contributed by atoms with Crippen LogP contribution in [0.4, 0.5) is 15.1 Å². The number of anilines is 2. The fourth-order valence-electron chi connectivity index (χ4n) is 2.85. The van der Waals surface area contributed by atoms with Crippen molar-refractivity contribution in [2.75, 3.05) is 17.2 Å². The zero-order chi connectivity index (χ0) is 18.0. The second-order valence-corrected chi connectivity index (χ2v) is 7.34. The molecule has 1 aliphatic rings. The highest BCUT2D eigenvalue weighted by atomic mass is 32.1. The van der Waals surface area contributed by atoms with E-state index >= 15 is 0 Å². The van der Waals surface area contributed by atoms with Crippen molar-refractivity contribution in [1.82, 2.24) is 0 Å². The predicted molar refractivity (Wildman–Crippen MR) is 103 cm³/mol. The molecule has 0 saturated heterocycles. The Morgan fingerprint density at radius 3 is 2.88 bits per heavy atom. The first kappa shape index (κ1) is 17.8. The predicted octanol–water partition coefficient (Wildman–Crippen LogP) is 4.67. The first-order valence-electron chi connectivity index (χ1n) is 8.15. The molecule has 2 aromatic rings. The maximum absolute atomic E-state index is 13.7. The lowest BCUT2D eigenvalue weighted by Crippen LogP contribution is -2.20. The molecular weight excluding hydrogens is 359 g/mol. The van der Waals surface area contributed by atoms with Crippen molar-refractivity contribution in [3.05, 3.63) is 45.6 Å². The van der Waals surface area contributed by atoms with Gasteiger partial charge in [-0.15, -0.1) is 11.3 Å². The molecular formula is C18H19FN2O2S2. The Labute approximate surface area is 155 Å². The Bertz CT molecular complexity index is 833. The smallest absolute Gasteiger partial charge is 0.341 e. The third kappa shape index (κ3) is 3.82. The minimum absolute atomic E-state index is 0.296. The molecule has 1 aromatic heterocycles. The summed E-state index contributed by atoms with van der Waals surface area (Å²) in [6.45, 7) is 3.82. The minimum atomic E-state index is -0.325. The van der Waals surface area contributed by atoms with Crippen LogP contribution in [0.15, 0.2) is 18.2 Å². The number of hydrogen-bond donors (Lipinski definition) is 2. The monoisotopic (exact) mass is 378 g/mol. The SMILES string of the molecule is CCOC(=O)c1c(NC(=S)Nc2ccc(C)c(F)c2)sc2c1CCC2. The standard InChI is InChI=1S/C18H19FN2O2S2/c1-3-23-17(22)15-12-5-4-6-14(12)25-16(15)21-18(24)20-11-8-7-10(2)13(19)9-11/h7-9H,3-6H2,1-2H3,(H2,20,21,24). The van der Waals surface area contributed by atoms with Gasteiger partial charge in [0, 0.05) is 10.6 Å². The van der Waals surface area contributed by atoms with Crippen LogP contribution < -0.4 is 10.6 Å². The fraction of sp³-hybridized carbons (Fsp3) is 0.333. The van der Waals surface area contributed by atoms with Crippen molar-refractivity contribution < 1.29 is 13.9 Å². The fourth-order valence-corrected chi connectivity index (χ4v) is 4.41. The van der Waals surface area contributed by atoms with Crippen molar-refractivity contribution in [3.63, 3.8) is 0 Å². The van der Waals surface area contributed by atoms with E-state index in [1.807, 2.05) is 0 Å². The number of fused-ring (bicyclic) bond motifs is 1. The summed E-state index contributed by atoms with van der Waals surface area (Å²) >= 11 is 6.86. The van der Waals surface area contributed by atoms with Crippen LogP contribution >= 0.6 is 23.6 Å². The summed E-state index contributed by atoms with van der Waals surface area (Å²) < 4.78 is 18.9. The molecule has 2 N–H and O–H groups in total. The first-order valence-corrected chi connectivity index (χ1v) is 9.38.